The second-order valence-electron chi connectivity index (χ2n) is 5.37. The highest BCUT2D eigenvalue weighted by Crippen LogP contribution is 2.40. The van der Waals surface area contributed by atoms with E-state index in [0.29, 0.717) is 0 Å². The smallest absolute Gasteiger partial charge is 0.267 e. The lowest BCUT2D eigenvalue weighted by atomic mass is 9.98. The first-order valence-corrected chi connectivity index (χ1v) is 6.81. The Hall–Kier alpha value is -2.42. The van der Waals surface area contributed by atoms with Gasteiger partial charge in [-0.2, -0.15) is 5.10 Å². The van der Waals surface area contributed by atoms with E-state index in [-0.39, 0.29) is 11.9 Å². The third-order valence-corrected chi connectivity index (χ3v) is 4.05. The van der Waals surface area contributed by atoms with Crippen LogP contribution in [0.3, 0.4) is 0 Å². The zero-order valence-corrected chi connectivity index (χ0v) is 11.2. The van der Waals surface area contributed by atoms with Crippen LogP contribution in [-0.2, 0) is 0 Å². The van der Waals surface area contributed by atoms with Crippen LogP contribution < -0.4 is 0 Å². The van der Waals surface area contributed by atoms with Gasteiger partial charge in [0.25, 0.3) is 5.91 Å². The third-order valence-electron chi connectivity index (χ3n) is 4.05. The zero-order chi connectivity index (χ0) is 13.7. The number of carbonyl (C=O) groups excluding carboxylic acids is 1. The normalized spacial score (nSPS) is 19.9. The van der Waals surface area contributed by atoms with Crippen LogP contribution in [0.1, 0.15) is 39.5 Å². The molecule has 0 unspecified atom stereocenters. The Kier molecular flexibility index (Phi) is 2.30. The van der Waals surface area contributed by atoms with Crippen molar-refractivity contribution in [2.75, 3.05) is 0 Å². The number of hydrazone groups is 1. The molecular weight excluding hydrogens is 248 g/mol. The van der Waals surface area contributed by atoms with E-state index < -0.39 is 0 Å². The average Bonchev–Trinajstić information content (AvgIpc) is 3.01. The number of hydrogen-bond acceptors (Lipinski definition) is 2. The predicted octanol–water partition coefficient (Wildman–Crippen LogP) is 3.30. The molecule has 0 bridgehead atoms. The summed E-state index contributed by atoms with van der Waals surface area (Å²) in [7, 11) is 0. The van der Waals surface area contributed by atoms with Gasteiger partial charge in [-0.3, -0.25) is 4.79 Å². The van der Waals surface area contributed by atoms with E-state index in [1.54, 1.807) is 5.01 Å². The van der Waals surface area contributed by atoms with E-state index in [1.807, 2.05) is 24.3 Å². The fourth-order valence-corrected chi connectivity index (χ4v) is 2.97. The Morgan fingerprint density at radius 2 is 1.85 bits per heavy atom. The fourth-order valence-electron chi connectivity index (χ4n) is 2.97. The van der Waals surface area contributed by atoms with E-state index in [1.165, 1.54) is 5.56 Å². The van der Waals surface area contributed by atoms with Gasteiger partial charge in [0.1, 0.15) is 0 Å². The van der Waals surface area contributed by atoms with Gasteiger partial charge in [0.15, 0.2) is 0 Å². The van der Waals surface area contributed by atoms with Gasteiger partial charge >= 0.3 is 0 Å². The first-order valence-electron chi connectivity index (χ1n) is 6.81. The Morgan fingerprint density at radius 3 is 2.65 bits per heavy atom. The number of hydrogen-bond donors (Lipinski definition) is 0. The minimum absolute atomic E-state index is 0.0210. The van der Waals surface area contributed by atoms with Gasteiger partial charge in [-0.05, 0) is 24.1 Å². The molecule has 2 aliphatic heterocycles. The molecule has 0 radical (unpaired) electrons. The van der Waals surface area contributed by atoms with Crippen LogP contribution in [0.15, 0.2) is 53.6 Å². The maximum atomic E-state index is 12.3. The summed E-state index contributed by atoms with van der Waals surface area (Å²) in [4.78, 5) is 12.3. The monoisotopic (exact) mass is 262 g/mol. The Labute approximate surface area is 117 Å². The van der Waals surface area contributed by atoms with Crippen molar-refractivity contribution >= 4 is 11.6 Å². The van der Waals surface area contributed by atoms with E-state index in [9.17, 15) is 4.79 Å². The molecule has 0 aliphatic carbocycles. The summed E-state index contributed by atoms with van der Waals surface area (Å²) in [5.74, 6) is 0.0210. The summed E-state index contributed by atoms with van der Waals surface area (Å²) >= 11 is 0. The molecule has 2 aromatic rings. The first kappa shape index (κ1) is 11.4. The molecule has 3 heteroatoms. The second-order valence-corrected chi connectivity index (χ2v) is 5.37. The molecule has 0 fully saturated rings. The van der Waals surface area contributed by atoms with Crippen LogP contribution in [0.2, 0.25) is 0 Å². The molecular formula is C17H14N2O. The van der Waals surface area contributed by atoms with Gasteiger partial charge in [0, 0.05) is 12.0 Å². The number of rotatable bonds is 1. The van der Waals surface area contributed by atoms with E-state index in [0.717, 1.165) is 28.8 Å². The molecule has 2 aliphatic rings. The lowest BCUT2D eigenvalue weighted by molar-refractivity contribution is 0.0756. The summed E-state index contributed by atoms with van der Waals surface area (Å²) in [6.45, 7) is 2.07. The summed E-state index contributed by atoms with van der Waals surface area (Å²) in [5, 5.41) is 6.18. The SMILES string of the molecule is Cc1ccc(C2=NN3C(=O)c4ccccc4[C@H]3C2)cc1. The van der Waals surface area contributed by atoms with Crippen molar-refractivity contribution in [3.05, 3.63) is 70.8 Å². The molecule has 1 atom stereocenters. The van der Waals surface area contributed by atoms with E-state index in [2.05, 4.69) is 36.3 Å². The van der Waals surface area contributed by atoms with Crippen molar-refractivity contribution in [1.82, 2.24) is 5.01 Å². The lowest BCUT2D eigenvalue weighted by Crippen LogP contribution is -2.17. The van der Waals surface area contributed by atoms with Crippen LogP contribution in [0.4, 0.5) is 0 Å². The average molecular weight is 262 g/mol. The number of aryl methyl sites for hydroxylation is 1. The minimum atomic E-state index is 0.0210. The van der Waals surface area contributed by atoms with Gasteiger partial charge < -0.3 is 0 Å². The Bertz CT molecular complexity index is 731. The lowest BCUT2D eigenvalue weighted by Gasteiger charge is -2.10. The molecule has 1 amide bonds. The molecule has 98 valence electrons. The molecule has 2 heterocycles. The van der Waals surface area contributed by atoms with E-state index >= 15 is 0 Å². The van der Waals surface area contributed by atoms with Crippen LogP contribution in [-0.4, -0.2) is 16.6 Å². The van der Waals surface area contributed by atoms with Gasteiger partial charge in [-0.1, -0.05) is 48.0 Å². The number of carbonyl (C=O) groups is 1. The molecule has 3 nitrogen and oxygen atoms in total. The number of fused-ring (bicyclic) bond motifs is 3. The van der Waals surface area contributed by atoms with Gasteiger partial charge in [0.05, 0.1) is 11.8 Å². The maximum absolute atomic E-state index is 12.3. The first-order chi connectivity index (χ1) is 9.74. The zero-order valence-electron chi connectivity index (χ0n) is 11.2. The van der Waals surface area contributed by atoms with Crippen LogP contribution in [0.5, 0.6) is 0 Å². The number of benzene rings is 2. The molecule has 4 rings (SSSR count). The molecule has 20 heavy (non-hydrogen) atoms. The Balaban J connectivity index is 1.72. The third kappa shape index (κ3) is 1.53. The summed E-state index contributed by atoms with van der Waals surface area (Å²) in [6, 6.07) is 16.2. The number of amides is 1. The number of nitrogens with zero attached hydrogens (tertiary/aromatic N) is 2. The molecule has 0 N–H and O–H groups in total. The topological polar surface area (TPSA) is 32.7 Å². The summed E-state index contributed by atoms with van der Waals surface area (Å²) in [5.41, 5.74) is 5.23. The summed E-state index contributed by atoms with van der Waals surface area (Å²) < 4.78 is 0. The molecule has 0 spiro atoms. The predicted molar refractivity (Wildman–Crippen MR) is 77.7 cm³/mol. The van der Waals surface area contributed by atoms with Crippen LogP contribution >= 0.6 is 0 Å². The molecule has 0 saturated heterocycles. The molecule has 2 aromatic carbocycles. The van der Waals surface area contributed by atoms with Crippen molar-refractivity contribution < 1.29 is 4.79 Å². The van der Waals surface area contributed by atoms with Crippen molar-refractivity contribution in [2.24, 2.45) is 5.10 Å². The van der Waals surface area contributed by atoms with Crippen LogP contribution in [0, 0.1) is 6.92 Å². The fraction of sp³-hybridized carbons (Fsp3) is 0.176. The highest BCUT2D eigenvalue weighted by Gasteiger charge is 2.41. The standard InChI is InChI=1S/C17H14N2O/c1-11-6-8-12(9-7-11)15-10-16-13-4-2-3-5-14(13)17(20)19(16)18-15/h2-9,16H,10H2,1H3/t16-/m1/s1. The minimum Gasteiger partial charge on any atom is -0.267 e. The molecule has 0 saturated carbocycles. The second kappa shape index (κ2) is 4.04. The van der Waals surface area contributed by atoms with Crippen molar-refractivity contribution in [1.29, 1.82) is 0 Å². The van der Waals surface area contributed by atoms with Gasteiger partial charge in [0.2, 0.25) is 0 Å². The van der Waals surface area contributed by atoms with Gasteiger partial charge in [-0.15, -0.1) is 0 Å². The maximum Gasteiger partial charge on any atom is 0.274 e. The van der Waals surface area contributed by atoms with Crippen molar-refractivity contribution in [2.45, 2.75) is 19.4 Å². The highest BCUT2D eigenvalue weighted by atomic mass is 16.2. The summed E-state index contributed by atoms with van der Waals surface area (Å²) in [6.07, 6.45) is 0.797. The van der Waals surface area contributed by atoms with Crippen molar-refractivity contribution in [3.8, 4) is 0 Å². The van der Waals surface area contributed by atoms with Crippen LogP contribution in [0.25, 0.3) is 0 Å². The highest BCUT2D eigenvalue weighted by molar-refractivity contribution is 6.07. The Morgan fingerprint density at radius 1 is 1.10 bits per heavy atom. The molecule has 0 aromatic heterocycles. The van der Waals surface area contributed by atoms with Crippen molar-refractivity contribution in [3.63, 3.8) is 0 Å². The van der Waals surface area contributed by atoms with E-state index in [4.69, 9.17) is 0 Å². The van der Waals surface area contributed by atoms with Gasteiger partial charge in [-0.25, -0.2) is 5.01 Å². The quantitative estimate of drug-likeness (QED) is 0.776. The largest absolute Gasteiger partial charge is 0.274 e.